The Morgan fingerprint density at radius 1 is 1.03 bits per heavy atom. The third kappa shape index (κ3) is 3.52. The topological polar surface area (TPSA) is 63.6 Å². The van der Waals surface area contributed by atoms with Gasteiger partial charge in [-0.2, -0.15) is 5.10 Å². The van der Waals surface area contributed by atoms with Crippen molar-refractivity contribution in [2.45, 2.75) is 6.92 Å². The van der Waals surface area contributed by atoms with Crippen LogP contribution in [0.2, 0.25) is 0 Å². The van der Waals surface area contributed by atoms with Gasteiger partial charge in [-0.1, -0.05) is 6.08 Å². The molecule has 5 nitrogen and oxygen atoms in total. The normalized spacial score (nSPS) is 11.3. The van der Waals surface area contributed by atoms with Crippen LogP contribution in [0.4, 0.5) is 4.39 Å². The number of carbonyl (C=O) groups is 1. The summed E-state index contributed by atoms with van der Waals surface area (Å²) in [4.78, 5) is 19.5. The second kappa shape index (κ2) is 7.67. The molecule has 144 valence electrons. The van der Waals surface area contributed by atoms with Crippen molar-refractivity contribution in [2.24, 2.45) is 7.05 Å². The van der Waals surface area contributed by atoms with Gasteiger partial charge in [-0.25, -0.2) is 4.39 Å². The van der Waals surface area contributed by atoms with Crippen LogP contribution in [0.15, 0.2) is 73.1 Å². The molecule has 29 heavy (non-hydrogen) atoms. The highest BCUT2D eigenvalue weighted by Crippen LogP contribution is 2.39. The van der Waals surface area contributed by atoms with Gasteiger partial charge in [-0.15, -0.1) is 0 Å². The minimum Gasteiger partial charge on any atom is -0.351 e. The van der Waals surface area contributed by atoms with Crippen LogP contribution >= 0.6 is 0 Å². The van der Waals surface area contributed by atoms with E-state index in [1.54, 1.807) is 48.3 Å². The monoisotopic (exact) mass is 386 g/mol. The van der Waals surface area contributed by atoms with Crippen molar-refractivity contribution >= 4 is 5.78 Å². The maximum atomic E-state index is 13.4. The molecule has 0 aliphatic heterocycles. The second-order valence-corrected chi connectivity index (χ2v) is 6.59. The SMILES string of the molecule is CC=CC(=O)c1ccc(-c2c(-c3ccncc3)c(-c3ccc(F)cc3)nn2C)[nH]1. The van der Waals surface area contributed by atoms with Crippen molar-refractivity contribution in [1.82, 2.24) is 19.7 Å². The molecule has 3 aromatic heterocycles. The summed E-state index contributed by atoms with van der Waals surface area (Å²) < 4.78 is 15.2. The molecule has 1 aromatic carbocycles. The molecule has 0 aliphatic carbocycles. The number of carbonyl (C=O) groups excluding carboxylic acids is 1. The summed E-state index contributed by atoms with van der Waals surface area (Å²) >= 11 is 0. The summed E-state index contributed by atoms with van der Waals surface area (Å²) in [5, 5.41) is 4.71. The van der Waals surface area contributed by atoms with Gasteiger partial charge in [-0.3, -0.25) is 14.5 Å². The average molecular weight is 386 g/mol. The molecule has 0 amide bonds. The Bertz CT molecular complexity index is 1190. The van der Waals surface area contributed by atoms with Crippen molar-refractivity contribution in [2.75, 3.05) is 0 Å². The van der Waals surface area contributed by atoms with E-state index >= 15 is 0 Å². The zero-order chi connectivity index (χ0) is 20.4. The first-order valence-corrected chi connectivity index (χ1v) is 9.18. The lowest BCUT2D eigenvalue weighted by Gasteiger charge is -2.07. The quantitative estimate of drug-likeness (QED) is 0.386. The number of allylic oxidation sites excluding steroid dienone is 2. The standard InChI is InChI=1S/C23H19FN4O/c1-3-4-20(29)18-9-10-19(26-18)23-21(15-11-13-25-14-12-15)22(27-28(23)2)16-5-7-17(24)8-6-16/h3-14,26H,1-2H3. The van der Waals surface area contributed by atoms with Crippen LogP contribution in [0.3, 0.4) is 0 Å². The minimum atomic E-state index is -0.299. The molecule has 6 heteroatoms. The highest BCUT2D eigenvalue weighted by atomic mass is 19.1. The number of hydrogen-bond donors (Lipinski definition) is 1. The molecule has 0 unspecified atom stereocenters. The molecule has 4 aromatic rings. The molecule has 0 radical (unpaired) electrons. The first-order chi connectivity index (χ1) is 14.1. The fourth-order valence-electron chi connectivity index (χ4n) is 3.35. The number of aromatic nitrogens is 4. The highest BCUT2D eigenvalue weighted by Gasteiger charge is 2.22. The number of nitrogens with one attached hydrogen (secondary N) is 1. The zero-order valence-corrected chi connectivity index (χ0v) is 16.1. The summed E-state index contributed by atoms with van der Waals surface area (Å²) in [5.74, 6) is -0.392. The van der Waals surface area contributed by atoms with Gasteiger partial charge in [-0.05, 0) is 67.1 Å². The van der Waals surface area contributed by atoms with E-state index in [1.807, 2.05) is 25.2 Å². The van der Waals surface area contributed by atoms with Crippen molar-refractivity contribution in [1.29, 1.82) is 0 Å². The van der Waals surface area contributed by atoms with E-state index in [0.29, 0.717) is 5.69 Å². The van der Waals surface area contributed by atoms with Gasteiger partial charge in [0.2, 0.25) is 5.78 Å². The Morgan fingerprint density at radius 2 is 1.76 bits per heavy atom. The Balaban J connectivity index is 1.93. The van der Waals surface area contributed by atoms with E-state index in [1.165, 1.54) is 18.2 Å². The number of rotatable bonds is 5. The van der Waals surface area contributed by atoms with Crippen LogP contribution in [0, 0.1) is 5.82 Å². The fourth-order valence-corrected chi connectivity index (χ4v) is 3.35. The maximum absolute atomic E-state index is 13.4. The molecule has 0 bridgehead atoms. The smallest absolute Gasteiger partial charge is 0.201 e. The average Bonchev–Trinajstić information content (AvgIpc) is 3.34. The third-order valence-electron chi connectivity index (χ3n) is 4.66. The lowest BCUT2D eigenvalue weighted by Crippen LogP contribution is -1.97. The van der Waals surface area contributed by atoms with Crippen LogP contribution in [0.5, 0.6) is 0 Å². The fraction of sp³-hybridized carbons (Fsp3) is 0.0870. The van der Waals surface area contributed by atoms with E-state index in [9.17, 15) is 9.18 Å². The number of benzene rings is 1. The molecule has 4 rings (SSSR count). The van der Waals surface area contributed by atoms with Gasteiger partial charge in [0.15, 0.2) is 0 Å². The van der Waals surface area contributed by atoms with Crippen LogP contribution in [0.1, 0.15) is 17.4 Å². The van der Waals surface area contributed by atoms with E-state index in [-0.39, 0.29) is 11.6 Å². The first-order valence-electron chi connectivity index (χ1n) is 9.18. The molecule has 3 heterocycles. The van der Waals surface area contributed by atoms with Crippen LogP contribution < -0.4 is 0 Å². The number of pyridine rings is 1. The van der Waals surface area contributed by atoms with Crippen molar-refractivity contribution in [3.05, 3.63) is 84.6 Å². The number of hydrogen-bond acceptors (Lipinski definition) is 3. The predicted octanol–water partition coefficient (Wildman–Crippen LogP) is 5.04. The molecule has 1 N–H and O–H groups in total. The molecular weight excluding hydrogens is 367 g/mol. The minimum absolute atomic E-state index is 0.0925. The Morgan fingerprint density at radius 3 is 2.45 bits per heavy atom. The number of halogens is 1. The second-order valence-electron chi connectivity index (χ2n) is 6.59. The highest BCUT2D eigenvalue weighted by molar-refractivity contribution is 6.04. The van der Waals surface area contributed by atoms with Gasteiger partial charge in [0, 0.05) is 30.6 Å². The summed E-state index contributed by atoms with van der Waals surface area (Å²) in [6.07, 6.45) is 6.67. The number of ketones is 1. The van der Waals surface area contributed by atoms with Crippen molar-refractivity contribution < 1.29 is 9.18 Å². The van der Waals surface area contributed by atoms with E-state index < -0.39 is 0 Å². The number of H-pyrrole nitrogens is 1. The van der Waals surface area contributed by atoms with Gasteiger partial charge >= 0.3 is 0 Å². The van der Waals surface area contributed by atoms with Gasteiger partial charge in [0.05, 0.1) is 17.1 Å². The van der Waals surface area contributed by atoms with E-state index in [2.05, 4.69) is 9.97 Å². The summed E-state index contributed by atoms with van der Waals surface area (Å²) in [6.45, 7) is 1.80. The van der Waals surface area contributed by atoms with Crippen molar-refractivity contribution in [3.63, 3.8) is 0 Å². The lowest BCUT2D eigenvalue weighted by atomic mass is 9.98. The molecule has 0 spiro atoms. The van der Waals surface area contributed by atoms with Crippen molar-refractivity contribution in [3.8, 4) is 33.8 Å². The van der Waals surface area contributed by atoms with Crippen LogP contribution in [0.25, 0.3) is 33.8 Å². The largest absolute Gasteiger partial charge is 0.351 e. The Hall–Kier alpha value is -3.80. The van der Waals surface area contributed by atoms with Gasteiger partial charge in [0.1, 0.15) is 11.5 Å². The zero-order valence-electron chi connectivity index (χ0n) is 16.1. The van der Waals surface area contributed by atoms with E-state index in [4.69, 9.17) is 5.10 Å². The number of aromatic amines is 1. The Kier molecular flexibility index (Phi) is 4.91. The Labute approximate surface area is 167 Å². The summed E-state index contributed by atoms with van der Waals surface area (Å²) in [7, 11) is 1.85. The van der Waals surface area contributed by atoms with Gasteiger partial charge < -0.3 is 4.98 Å². The van der Waals surface area contributed by atoms with Gasteiger partial charge in [0.25, 0.3) is 0 Å². The third-order valence-corrected chi connectivity index (χ3v) is 4.66. The van der Waals surface area contributed by atoms with E-state index in [0.717, 1.165) is 33.8 Å². The number of aryl methyl sites for hydroxylation is 1. The summed E-state index contributed by atoms with van der Waals surface area (Å²) in [5.41, 5.74) is 5.44. The maximum Gasteiger partial charge on any atom is 0.201 e. The summed E-state index contributed by atoms with van der Waals surface area (Å²) in [6, 6.07) is 13.7. The molecule has 0 atom stereocenters. The molecular formula is C23H19FN4O. The molecule has 0 aliphatic rings. The number of nitrogens with zero attached hydrogens (tertiary/aromatic N) is 3. The first kappa shape index (κ1) is 18.6. The van der Waals surface area contributed by atoms with Crippen LogP contribution in [-0.4, -0.2) is 25.5 Å². The molecule has 0 saturated heterocycles. The van der Waals surface area contributed by atoms with Crippen LogP contribution in [-0.2, 0) is 7.05 Å². The molecule has 0 fully saturated rings. The lowest BCUT2D eigenvalue weighted by molar-refractivity contribution is 0.104. The predicted molar refractivity (Wildman–Crippen MR) is 111 cm³/mol. The molecule has 0 saturated carbocycles.